The first-order valence-electron chi connectivity index (χ1n) is 5.32. The average Bonchev–Trinajstić information content (AvgIpc) is 2.36. The third-order valence-electron chi connectivity index (χ3n) is 2.45. The number of nitrogens with zero attached hydrogens (tertiary/aromatic N) is 1. The van der Waals surface area contributed by atoms with Crippen LogP contribution in [0.2, 0.25) is 0 Å². The van der Waals surface area contributed by atoms with Gasteiger partial charge in [-0.25, -0.2) is 0 Å². The number of benzene rings is 1. The molecule has 1 unspecified atom stereocenters. The number of halogens is 4. The van der Waals surface area contributed by atoms with Gasteiger partial charge in [0.2, 0.25) is 0 Å². The summed E-state index contributed by atoms with van der Waals surface area (Å²) in [6.45, 7) is 1.43. The van der Waals surface area contributed by atoms with Gasteiger partial charge in [-0.05, 0) is 41.1 Å². The summed E-state index contributed by atoms with van der Waals surface area (Å²) in [4.78, 5) is 11.9. The number of rotatable bonds is 3. The quantitative estimate of drug-likeness (QED) is 0.337. The van der Waals surface area contributed by atoms with Gasteiger partial charge < -0.3 is 16.3 Å². The molecule has 1 atom stereocenters. The molecule has 0 aromatic heterocycles. The molecule has 0 fully saturated rings. The van der Waals surface area contributed by atoms with Gasteiger partial charge in [0.05, 0.1) is 17.2 Å². The van der Waals surface area contributed by atoms with E-state index in [1.807, 2.05) is 0 Å². The largest absolute Gasteiger partial charge is 0.416 e. The van der Waals surface area contributed by atoms with Crippen molar-refractivity contribution >= 4 is 27.7 Å². The van der Waals surface area contributed by atoms with E-state index in [2.05, 4.69) is 26.4 Å². The zero-order valence-electron chi connectivity index (χ0n) is 10.2. The van der Waals surface area contributed by atoms with Crippen LogP contribution in [0.5, 0.6) is 0 Å². The molecule has 1 amide bonds. The van der Waals surface area contributed by atoms with Crippen LogP contribution in [-0.4, -0.2) is 23.0 Å². The second-order valence-corrected chi connectivity index (χ2v) is 4.77. The average molecular weight is 354 g/mol. The van der Waals surface area contributed by atoms with E-state index in [9.17, 15) is 18.0 Å². The SMILES string of the molecule is CC(NC(=O)c1cc(C(F)(F)F)ccc1Br)/C(N)=N/O. The van der Waals surface area contributed by atoms with Crippen molar-refractivity contribution in [2.24, 2.45) is 10.9 Å². The summed E-state index contributed by atoms with van der Waals surface area (Å²) in [5.41, 5.74) is 4.13. The van der Waals surface area contributed by atoms with Crippen LogP contribution >= 0.6 is 15.9 Å². The number of hydrogen-bond donors (Lipinski definition) is 3. The molecule has 0 saturated carbocycles. The molecule has 1 rings (SSSR count). The Kier molecular flexibility index (Phi) is 4.98. The van der Waals surface area contributed by atoms with E-state index in [0.29, 0.717) is 0 Å². The molecule has 0 aliphatic carbocycles. The molecular weight excluding hydrogens is 343 g/mol. The Hall–Kier alpha value is -1.77. The highest BCUT2D eigenvalue weighted by atomic mass is 79.9. The monoisotopic (exact) mass is 353 g/mol. The molecule has 0 spiro atoms. The van der Waals surface area contributed by atoms with Crippen molar-refractivity contribution in [3.8, 4) is 0 Å². The van der Waals surface area contributed by atoms with Gasteiger partial charge in [0.25, 0.3) is 5.91 Å². The summed E-state index contributed by atoms with van der Waals surface area (Å²) >= 11 is 3.00. The number of nitrogens with one attached hydrogen (secondary N) is 1. The van der Waals surface area contributed by atoms with Gasteiger partial charge in [0.15, 0.2) is 5.84 Å². The Morgan fingerprint density at radius 1 is 1.50 bits per heavy atom. The van der Waals surface area contributed by atoms with Crippen molar-refractivity contribution in [3.05, 3.63) is 33.8 Å². The van der Waals surface area contributed by atoms with Crippen molar-refractivity contribution < 1.29 is 23.2 Å². The third-order valence-corrected chi connectivity index (χ3v) is 3.14. The second-order valence-electron chi connectivity index (χ2n) is 3.91. The van der Waals surface area contributed by atoms with Crippen LogP contribution in [0, 0.1) is 0 Å². The minimum Gasteiger partial charge on any atom is -0.409 e. The number of hydrogen-bond acceptors (Lipinski definition) is 3. The summed E-state index contributed by atoms with van der Waals surface area (Å²) in [6.07, 6.45) is -4.55. The molecule has 0 aliphatic heterocycles. The Morgan fingerprint density at radius 3 is 2.60 bits per heavy atom. The standard InChI is InChI=1S/C11H11BrF3N3O2/c1-5(9(16)18-20)17-10(19)7-4-6(11(13,14)15)2-3-8(7)12/h2-5,20H,1H3,(H2,16,18)(H,17,19). The fourth-order valence-corrected chi connectivity index (χ4v) is 1.74. The van der Waals surface area contributed by atoms with Crippen molar-refractivity contribution in [2.75, 3.05) is 0 Å². The number of oxime groups is 1. The number of alkyl halides is 3. The Bertz CT molecular complexity index is 546. The van der Waals surface area contributed by atoms with Crippen LogP contribution in [0.4, 0.5) is 13.2 Å². The maximum absolute atomic E-state index is 12.6. The maximum atomic E-state index is 12.6. The van der Waals surface area contributed by atoms with Gasteiger partial charge in [-0.3, -0.25) is 4.79 Å². The zero-order valence-corrected chi connectivity index (χ0v) is 11.8. The van der Waals surface area contributed by atoms with Crippen LogP contribution in [0.1, 0.15) is 22.8 Å². The highest BCUT2D eigenvalue weighted by Gasteiger charge is 2.31. The molecule has 0 saturated heterocycles. The van der Waals surface area contributed by atoms with E-state index in [1.54, 1.807) is 0 Å². The zero-order chi connectivity index (χ0) is 15.5. The normalized spacial score (nSPS) is 13.9. The lowest BCUT2D eigenvalue weighted by Crippen LogP contribution is -2.42. The molecule has 0 heterocycles. The van der Waals surface area contributed by atoms with E-state index in [4.69, 9.17) is 10.9 Å². The summed E-state index contributed by atoms with van der Waals surface area (Å²) in [5.74, 6) is -1.04. The summed E-state index contributed by atoms with van der Waals surface area (Å²) in [6, 6.07) is 1.88. The topological polar surface area (TPSA) is 87.7 Å². The maximum Gasteiger partial charge on any atom is 0.416 e. The number of carbonyl (C=O) groups is 1. The predicted molar refractivity (Wildman–Crippen MR) is 69.5 cm³/mol. The number of nitrogens with two attached hydrogens (primary N) is 1. The first-order chi connectivity index (χ1) is 9.16. The van der Waals surface area contributed by atoms with E-state index in [-0.39, 0.29) is 15.9 Å². The Morgan fingerprint density at radius 2 is 2.10 bits per heavy atom. The van der Waals surface area contributed by atoms with Crippen LogP contribution in [0.15, 0.2) is 27.8 Å². The number of carbonyl (C=O) groups excluding carboxylic acids is 1. The van der Waals surface area contributed by atoms with Crippen LogP contribution in [-0.2, 0) is 6.18 Å². The van der Waals surface area contributed by atoms with Crippen LogP contribution < -0.4 is 11.1 Å². The van der Waals surface area contributed by atoms with Gasteiger partial charge in [-0.1, -0.05) is 5.16 Å². The predicted octanol–water partition coefficient (Wildman–Crippen LogP) is 2.33. The van der Waals surface area contributed by atoms with Gasteiger partial charge in [-0.2, -0.15) is 13.2 Å². The Balaban J connectivity index is 3.04. The molecule has 110 valence electrons. The minimum absolute atomic E-state index is 0.197. The van der Waals surface area contributed by atoms with Crippen molar-refractivity contribution in [1.29, 1.82) is 0 Å². The molecule has 20 heavy (non-hydrogen) atoms. The molecule has 4 N–H and O–H groups in total. The highest BCUT2D eigenvalue weighted by molar-refractivity contribution is 9.10. The molecule has 0 aliphatic rings. The molecular formula is C11H11BrF3N3O2. The van der Waals surface area contributed by atoms with Gasteiger partial charge in [0, 0.05) is 4.47 Å². The van der Waals surface area contributed by atoms with Crippen molar-refractivity contribution in [1.82, 2.24) is 5.32 Å². The second kappa shape index (κ2) is 6.12. The highest BCUT2D eigenvalue weighted by Crippen LogP contribution is 2.31. The van der Waals surface area contributed by atoms with E-state index in [1.165, 1.54) is 6.92 Å². The van der Waals surface area contributed by atoms with Gasteiger partial charge in [0.1, 0.15) is 0 Å². The summed E-state index contributed by atoms with van der Waals surface area (Å²) in [7, 11) is 0. The fourth-order valence-electron chi connectivity index (χ4n) is 1.31. The van der Waals surface area contributed by atoms with Crippen molar-refractivity contribution in [3.63, 3.8) is 0 Å². The molecule has 0 bridgehead atoms. The number of amides is 1. The van der Waals surface area contributed by atoms with Crippen LogP contribution in [0.3, 0.4) is 0 Å². The summed E-state index contributed by atoms with van der Waals surface area (Å²) < 4.78 is 38.0. The molecule has 5 nitrogen and oxygen atoms in total. The lowest BCUT2D eigenvalue weighted by molar-refractivity contribution is -0.137. The van der Waals surface area contributed by atoms with Crippen molar-refractivity contribution in [2.45, 2.75) is 19.1 Å². The van der Waals surface area contributed by atoms with E-state index < -0.39 is 23.7 Å². The molecule has 0 radical (unpaired) electrons. The smallest absolute Gasteiger partial charge is 0.409 e. The summed E-state index contributed by atoms with van der Waals surface area (Å²) in [5, 5.41) is 13.5. The van der Waals surface area contributed by atoms with Gasteiger partial charge in [-0.15, -0.1) is 0 Å². The first-order valence-corrected chi connectivity index (χ1v) is 6.11. The van der Waals surface area contributed by atoms with Crippen LogP contribution in [0.25, 0.3) is 0 Å². The minimum atomic E-state index is -4.55. The number of amidine groups is 1. The first kappa shape index (κ1) is 16.3. The third kappa shape index (κ3) is 3.86. The molecule has 1 aromatic carbocycles. The Labute approximate surface area is 120 Å². The van der Waals surface area contributed by atoms with Gasteiger partial charge >= 0.3 is 6.18 Å². The lowest BCUT2D eigenvalue weighted by atomic mass is 10.1. The van der Waals surface area contributed by atoms with E-state index >= 15 is 0 Å². The van der Waals surface area contributed by atoms with E-state index in [0.717, 1.165) is 18.2 Å². The fraction of sp³-hybridized carbons (Fsp3) is 0.273. The lowest BCUT2D eigenvalue weighted by Gasteiger charge is -2.14. The molecule has 1 aromatic rings. The molecule has 9 heteroatoms.